The first kappa shape index (κ1) is 15.4. The standard InChI is InChI=1S/C11H21NO5S/c1-4-8(7(2)13)11(14)12-9-5-18(15,16)6-10(9)17-3/h7-10,13H,4-6H2,1-3H3,(H,12,14). The van der Waals surface area contributed by atoms with Crippen molar-refractivity contribution in [2.24, 2.45) is 5.92 Å². The first-order chi connectivity index (χ1) is 8.30. The fraction of sp³-hybridized carbons (Fsp3) is 0.909. The molecule has 1 saturated heterocycles. The SMILES string of the molecule is CCC(C(=O)NC1CS(=O)(=O)CC1OC)C(C)O. The van der Waals surface area contributed by atoms with E-state index >= 15 is 0 Å². The lowest BCUT2D eigenvalue weighted by atomic mass is 9.99. The molecule has 1 fully saturated rings. The second-order valence-corrected chi connectivity index (χ2v) is 6.88. The van der Waals surface area contributed by atoms with Crippen molar-refractivity contribution in [3.05, 3.63) is 0 Å². The summed E-state index contributed by atoms with van der Waals surface area (Å²) < 4.78 is 28.0. The Hall–Kier alpha value is -0.660. The van der Waals surface area contributed by atoms with E-state index in [1.807, 2.05) is 0 Å². The Bertz CT molecular complexity index is 392. The molecule has 106 valence electrons. The number of rotatable bonds is 5. The topological polar surface area (TPSA) is 92.7 Å². The number of amides is 1. The highest BCUT2D eigenvalue weighted by atomic mass is 32.2. The summed E-state index contributed by atoms with van der Waals surface area (Å²) in [5.74, 6) is -1.02. The lowest BCUT2D eigenvalue weighted by molar-refractivity contribution is -0.129. The summed E-state index contributed by atoms with van der Waals surface area (Å²) in [7, 11) is -1.73. The molecular weight excluding hydrogens is 258 g/mol. The first-order valence-corrected chi connectivity index (χ1v) is 7.84. The first-order valence-electron chi connectivity index (χ1n) is 6.02. The zero-order valence-corrected chi connectivity index (χ0v) is 11.7. The van der Waals surface area contributed by atoms with Gasteiger partial charge in [0.1, 0.15) is 0 Å². The number of carbonyl (C=O) groups is 1. The maximum absolute atomic E-state index is 11.9. The normalized spacial score (nSPS) is 29.8. The fourth-order valence-electron chi connectivity index (χ4n) is 2.22. The van der Waals surface area contributed by atoms with Crippen molar-refractivity contribution in [2.75, 3.05) is 18.6 Å². The molecule has 1 aliphatic heterocycles. The van der Waals surface area contributed by atoms with Crippen LogP contribution in [0.15, 0.2) is 0 Å². The van der Waals surface area contributed by atoms with E-state index in [9.17, 15) is 18.3 Å². The van der Waals surface area contributed by atoms with E-state index in [1.54, 1.807) is 13.8 Å². The molecule has 1 rings (SSSR count). The number of ether oxygens (including phenoxy) is 1. The van der Waals surface area contributed by atoms with Crippen molar-refractivity contribution >= 4 is 15.7 Å². The van der Waals surface area contributed by atoms with Gasteiger partial charge < -0.3 is 15.2 Å². The highest BCUT2D eigenvalue weighted by Gasteiger charge is 2.39. The summed E-state index contributed by atoms with van der Waals surface area (Å²) >= 11 is 0. The number of methoxy groups -OCH3 is 1. The molecule has 4 atom stereocenters. The summed E-state index contributed by atoms with van der Waals surface area (Å²) in [4.78, 5) is 11.9. The molecular formula is C11H21NO5S. The van der Waals surface area contributed by atoms with Gasteiger partial charge in [-0.3, -0.25) is 4.79 Å². The van der Waals surface area contributed by atoms with Crippen molar-refractivity contribution in [1.82, 2.24) is 5.32 Å². The lowest BCUT2D eigenvalue weighted by Crippen LogP contribution is -2.47. The number of carbonyl (C=O) groups excluding carboxylic acids is 1. The quantitative estimate of drug-likeness (QED) is 0.695. The van der Waals surface area contributed by atoms with E-state index in [2.05, 4.69) is 5.32 Å². The maximum atomic E-state index is 11.9. The molecule has 0 aromatic rings. The summed E-state index contributed by atoms with van der Waals surface area (Å²) in [6.07, 6.45) is -0.764. The predicted octanol–water partition coefficient (Wildman–Crippen LogP) is -0.678. The summed E-state index contributed by atoms with van der Waals surface area (Å²) in [5, 5.41) is 12.1. The summed E-state index contributed by atoms with van der Waals surface area (Å²) in [5.41, 5.74) is 0. The van der Waals surface area contributed by atoms with Crippen LogP contribution >= 0.6 is 0 Å². The minimum Gasteiger partial charge on any atom is -0.393 e. The highest BCUT2D eigenvalue weighted by molar-refractivity contribution is 7.91. The van der Waals surface area contributed by atoms with Gasteiger partial charge in [-0.05, 0) is 13.3 Å². The van der Waals surface area contributed by atoms with Gasteiger partial charge in [-0.2, -0.15) is 0 Å². The van der Waals surface area contributed by atoms with Crippen LogP contribution in [-0.4, -0.2) is 56.3 Å². The van der Waals surface area contributed by atoms with Gasteiger partial charge in [0, 0.05) is 7.11 Å². The van der Waals surface area contributed by atoms with Crippen molar-refractivity contribution in [1.29, 1.82) is 0 Å². The molecule has 0 spiro atoms. The second kappa shape index (κ2) is 5.99. The third-order valence-electron chi connectivity index (χ3n) is 3.29. The van der Waals surface area contributed by atoms with Crippen molar-refractivity contribution in [3.8, 4) is 0 Å². The Morgan fingerprint density at radius 2 is 2.11 bits per heavy atom. The van der Waals surface area contributed by atoms with Crippen LogP contribution in [-0.2, 0) is 19.4 Å². The van der Waals surface area contributed by atoms with Crippen LogP contribution < -0.4 is 5.32 Å². The number of nitrogens with one attached hydrogen (secondary N) is 1. The van der Waals surface area contributed by atoms with Crippen LogP contribution in [0, 0.1) is 5.92 Å². The molecule has 6 nitrogen and oxygen atoms in total. The molecule has 0 aromatic carbocycles. The number of hydrogen-bond acceptors (Lipinski definition) is 5. The third-order valence-corrected chi connectivity index (χ3v) is 4.99. The molecule has 0 aliphatic carbocycles. The Kier molecular flexibility index (Phi) is 5.12. The van der Waals surface area contributed by atoms with Crippen molar-refractivity contribution in [3.63, 3.8) is 0 Å². The van der Waals surface area contributed by atoms with E-state index in [-0.39, 0.29) is 17.4 Å². The zero-order valence-electron chi connectivity index (χ0n) is 10.9. The Morgan fingerprint density at radius 1 is 1.50 bits per heavy atom. The molecule has 0 saturated carbocycles. The average Bonchev–Trinajstić information content (AvgIpc) is 2.53. The molecule has 1 heterocycles. The zero-order chi connectivity index (χ0) is 13.9. The minimum atomic E-state index is -3.16. The molecule has 0 radical (unpaired) electrons. The monoisotopic (exact) mass is 279 g/mol. The number of aliphatic hydroxyl groups excluding tert-OH is 1. The highest BCUT2D eigenvalue weighted by Crippen LogP contribution is 2.17. The van der Waals surface area contributed by atoms with E-state index in [0.717, 1.165) is 0 Å². The van der Waals surface area contributed by atoms with E-state index in [1.165, 1.54) is 7.11 Å². The van der Waals surface area contributed by atoms with Crippen LogP contribution in [0.4, 0.5) is 0 Å². The van der Waals surface area contributed by atoms with Crippen LogP contribution in [0.5, 0.6) is 0 Å². The Balaban J connectivity index is 2.69. The maximum Gasteiger partial charge on any atom is 0.226 e. The summed E-state index contributed by atoms with van der Waals surface area (Å²) in [6, 6.07) is -0.528. The largest absolute Gasteiger partial charge is 0.393 e. The smallest absolute Gasteiger partial charge is 0.226 e. The molecule has 0 bridgehead atoms. The number of sulfone groups is 1. The Morgan fingerprint density at radius 3 is 2.56 bits per heavy atom. The van der Waals surface area contributed by atoms with E-state index in [0.29, 0.717) is 6.42 Å². The number of aliphatic hydroxyl groups is 1. The van der Waals surface area contributed by atoms with E-state index < -0.39 is 34.0 Å². The molecule has 4 unspecified atom stereocenters. The molecule has 0 aromatic heterocycles. The van der Waals surface area contributed by atoms with Gasteiger partial charge in [0.05, 0.1) is 35.7 Å². The molecule has 2 N–H and O–H groups in total. The van der Waals surface area contributed by atoms with Gasteiger partial charge in [0.25, 0.3) is 0 Å². The van der Waals surface area contributed by atoms with Crippen LogP contribution in [0.1, 0.15) is 20.3 Å². The lowest BCUT2D eigenvalue weighted by Gasteiger charge is -2.23. The van der Waals surface area contributed by atoms with Crippen LogP contribution in [0.25, 0.3) is 0 Å². The van der Waals surface area contributed by atoms with Gasteiger partial charge in [-0.25, -0.2) is 8.42 Å². The second-order valence-electron chi connectivity index (χ2n) is 4.72. The van der Waals surface area contributed by atoms with Gasteiger partial charge in [0.2, 0.25) is 5.91 Å². The van der Waals surface area contributed by atoms with Crippen molar-refractivity contribution < 1.29 is 23.1 Å². The van der Waals surface area contributed by atoms with Gasteiger partial charge in [-0.1, -0.05) is 6.92 Å². The minimum absolute atomic E-state index is 0.0695. The molecule has 7 heteroatoms. The van der Waals surface area contributed by atoms with Crippen molar-refractivity contribution in [2.45, 2.75) is 38.5 Å². The molecule has 1 amide bonds. The Labute approximate surface area is 108 Å². The van der Waals surface area contributed by atoms with E-state index in [4.69, 9.17) is 4.74 Å². The van der Waals surface area contributed by atoms with Crippen LogP contribution in [0.3, 0.4) is 0 Å². The average molecular weight is 279 g/mol. The van der Waals surface area contributed by atoms with Gasteiger partial charge in [0.15, 0.2) is 9.84 Å². The summed E-state index contributed by atoms with van der Waals surface area (Å²) in [6.45, 7) is 3.35. The third kappa shape index (κ3) is 3.66. The predicted molar refractivity (Wildman–Crippen MR) is 66.8 cm³/mol. The van der Waals surface area contributed by atoms with Gasteiger partial charge in [-0.15, -0.1) is 0 Å². The molecule has 18 heavy (non-hydrogen) atoms. The van der Waals surface area contributed by atoms with Gasteiger partial charge >= 0.3 is 0 Å². The molecule has 1 aliphatic rings. The fourth-order valence-corrected chi connectivity index (χ4v) is 4.07. The number of hydrogen-bond donors (Lipinski definition) is 2. The van der Waals surface area contributed by atoms with Crippen LogP contribution in [0.2, 0.25) is 0 Å².